The van der Waals surface area contributed by atoms with Crippen LogP contribution in [0.15, 0.2) is 34.2 Å². The fraction of sp³-hybridized carbons (Fsp3) is 0.182. The molecule has 0 aliphatic carbocycles. The Labute approximate surface area is 115 Å². The Morgan fingerprint density at radius 3 is 2.60 bits per heavy atom. The molecule has 20 heavy (non-hydrogen) atoms. The number of benzene rings is 1. The van der Waals surface area contributed by atoms with Gasteiger partial charge in [0.15, 0.2) is 0 Å². The summed E-state index contributed by atoms with van der Waals surface area (Å²) in [5.41, 5.74) is -1.35. The van der Waals surface area contributed by atoms with Crippen molar-refractivity contribution in [2.45, 2.75) is 11.1 Å². The summed E-state index contributed by atoms with van der Waals surface area (Å²) in [4.78, 5) is 11.6. The summed E-state index contributed by atoms with van der Waals surface area (Å²) in [6, 6.07) is 4.50. The van der Waals surface area contributed by atoms with Gasteiger partial charge in [0.2, 0.25) is 0 Å². The lowest BCUT2D eigenvalue weighted by Gasteiger charge is -2.09. The van der Waals surface area contributed by atoms with Crippen molar-refractivity contribution in [1.29, 1.82) is 5.26 Å². The van der Waals surface area contributed by atoms with E-state index in [9.17, 15) is 18.0 Å². The van der Waals surface area contributed by atoms with Crippen LogP contribution in [0.1, 0.15) is 11.1 Å². The lowest BCUT2D eigenvalue weighted by atomic mass is 10.1. The van der Waals surface area contributed by atoms with Crippen molar-refractivity contribution in [3.63, 3.8) is 0 Å². The van der Waals surface area contributed by atoms with Crippen LogP contribution in [0.4, 0.5) is 13.2 Å². The first-order valence-corrected chi connectivity index (χ1v) is 6.00. The van der Waals surface area contributed by atoms with Gasteiger partial charge in [0.1, 0.15) is 12.4 Å². The fourth-order valence-electron chi connectivity index (χ4n) is 1.38. The van der Waals surface area contributed by atoms with Crippen LogP contribution in [-0.2, 0) is 13.2 Å². The van der Waals surface area contributed by atoms with E-state index >= 15 is 0 Å². The van der Waals surface area contributed by atoms with Gasteiger partial charge in [-0.2, -0.15) is 18.4 Å². The summed E-state index contributed by atoms with van der Waals surface area (Å²) in [6.07, 6.45) is -3.28. The molecule has 104 valence electrons. The number of aryl methyl sites for hydroxylation is 1. The van der Waals surface area contributed by atoms with E-state index in [-0.39, 0.29) is 10.5 Å². The van der Waals surface area contributed by atoms with Crippen molar-refractivity contribution in [3.8, 4) is 6.07 Å². The van der Waals surface area contributed by atoms with Gasteiger partial charge in [-0.15, -0.1) is 9.19 Å². The van der Waals surface area contributed by atoms with Crippen LogP contribution < -0.4 is 5.69 Å². The standard InChI is InChI=1S/C11H7F3N4OS/c1-17-6-16-18(10(17)19)20-9-4-8(11(12,13)14)3-2-7(9)5-15/h2-4,6H,1H3. The lowest BCUT2D eigenvalue weighted by molar-refractivity contribution is -0.137. The number of nitrogens with zero attached hydrogens (tertiary/aromatic N) is 4. The van der Waals surface area contributed by atoms with Gasteiger partial charge in [-0.1, -0.05) is 0 Å². The molecule has 1 aromatic carbocycles. The monoisotopic (exact) mass is 300 g/mol. The second-order valence-corrected chi connectivity index (χ2v) is 4.78. The van der Waals surface area contributed by atoms with Crippen molar-refractivity contribution in [2.24, 2.45) is 7.05 Å². The Morgan fingerprint density at radius 1 is 1.40 bits per heavy atom. The first kappa shape index (κ1) is 14.2. The van der Waals surface area contributed by atoms with Crippen LogP contribution >= 0.6 is 11.9 Å². The third-order valence-corrected chi connectivity index (χ3v) is 3.37. The molecule has 0 radical (unpaired) electrons. The molecule has 0 saturated carbocycles. The van der Waals surface area contributed by atoms with E-state index in [0.29, 0.717) is 11.9 Å². The van der Waals surface area contributed by atoms with Gasteiger partial charge in [0.05, 0.1) is 11.1 Å². The largest absolute Gasteiger partial charge is 0.416 e. The van der Waals surface area contributed by atoms with Crippen molar-refractivity contribution in [3.05, 3.63) is 46.1 Å². The number of hydrogen-bond acceptors (Lipinski definition) is 4. The van der Waals surface area contributed by atoms with E-state index in [1.807, 2.05) is 0 Å². The smallest absolute Gasteiger partial charge is 0.284 e. The average Bonchev–Trinajstić information content (AvgIpc) is 2.69. The van der Waals surface area contributed by atoms with Crippen LogP contribution in [0, 0.1) is 11.3 Å². The highest BCUT2D eigenvalue weighted by Crippen LogP contribution is 2.33. The third-order valence-electron chi connectivity index (χ3n) is 2.41. The molecule has 0 fully saturated rings. The SMILES string of the molecule is Cn1cnn(Sc2cc(C(F)(F)F)ccc2C#N)c1=O. The average molecular weight is 300 g/mol. The quantitative estimate of drug-likeness (QED) is 0.851. The molecule has 0 N–H and O–H groups in total. The zero-order valence-corrected chi connectivity index (χ0v) is 10.9. The topological polar surface area (TPSA) is 63.6 Å². The molecule has 1 heterocycles. The van der Waals surface area contributed by atoms with Crippen LogP contribution in [0.2, 0.25) is 0 Å². The van der Waals surface area contributed by atoms with Crippen LogP contribution in [0.5, 0.6) is 0 Å². The summed E-state index contributed by atoms with van der Waals surface area (Å²) in [6.45, 7) is 0. The van der Waals surface area contributed by atoms with Crippen LogP contribution in [-0.4, -0.2) is 13.8 Å². The van der Waals surface area contributed by atoms with Crippen LogP contribution in [0.3, 0.4) is 0 Å². The summed E-state index contributed by atoms with van der Waals surface area (Å²) < 4.78 is 40.0. The number of hydrogen-bond donors (Lipinski definition) is 0. The highest BCUT2D eigenvalue weighted by Gasteiger charge is 2.31. The zero-order valence-electron chi connectivity index (χ0n) is 10.0. The van der Waals surface area contributed by atoms with Gasteiger partial charge in [-0.05, 0) is 18.2 Å². The first-order valence-electron chi connectivity index (χ1n) is 5.23. The minimum Gasteiger partial charge on any atom is -0.284 e. The molecule has 0 atom stereocenters. The molecule has 0 amide bonds. The van der Waals surface area contributed by atoms with Gasteiger partial charge in [0.25, 0.3) is 0 Å². The first-order chi connectivity index (χ1) is 9.32. The molecule has 1 aromatic heterocycles. The summed E-state index contributed by atoms with van der Waals surface area (Å²) in [5, 5.41) is 12.6. The molecular formula is C11H7F3N4OS. The van der Waals surface area contributed by atoms with E-state index < -0.39 is 17.4 Å². The van der Waals surface area contributed by atoms with E-state index in [2.05, 4.69) is 5.10 Å². The second kappa shape index (κ2) is 5.05. The Bertz CT molecular complexity index is 741. The van der Waals surface area contributed by atoms with Crippen LogP contribution in [0.25, 0.3) is 0 Å². The number of rotatable bonds is 2. The Balaban J connectivity index is 2.47. The van der Waals surface area contributed by atoms with E-state index in [1.165, 1.54) is 17.9 Å². The minimum atomic E-state index is -4.52. The lowest BCUT2D eigenvalue weighted by Crippen LogP contribution is -2.19. The van der Waals surface area contributed by atoms with Gasteiger partial charge < -0.3 is 0 Å². The molecule has 5 nitrogen and oxygen atoms in total. The Kier molecular flexibility index (Phi) is 3.59. The third kappa shape index (κ3) is 2.70. The molecule has 0 aliphatic rings. The van der Waals surface area contributed by atoms with E-state index in [4.69, 9.17) is 5.26 Å². The van der Waals surface area contributed by atoms with Crippen molar-refractivity contribution >= 4 is 11.9 Å². The summed E-state index contributed by atoms with van der Waals surface area (Å²) >= 11 is 0.666. The molecule has 0 bridgehead atoms. The zero-order chi connectivity index (χ0) is 14.9. The predicted molar refractivity (Wildman–Crippen MR) is 64.9 cm³/mol. The molecule has 0 spiro atoms. The van der Waals surface area contributed by atoms with Crippen molar-refractivity contribution in [1.82, 2.24) is 13.8 Å². The Morgan fingerprint density at radius 2 is 2.10 bits per heavy atom. The molecule has 9 heteroatoms. The molecule has 0 saturated heterocycles. The van der Waals surface area contributed by atoms with Crippen molar-refractivity contribution in [2.75, 3.05) is 0 Å². The highest BCUT2D eigenvalue weighted by atomic mass is 32.2. The maximum absolute atomic E-state index is 12.6. The number of alkyl halides is 3. The molecule has 0 aliphatic heterocycles. The summed E-state index contributed by atoms with van der Waals surface area (Å²) in [7, 11) is 1.46. The van der Waals surface area contributed by atoms with E-state index in [0.717, 1.165) is 22.3 Å². The fourth-order valence-corrected chi connectivity index (χ4v) is 2.25. The molecule has 0 unspecified atom stereocenters. The maximum atomic E-state index is 12.6. The molecule has 2 aromatic rings. The van der Waals surface area contributed by atoms with E-state index in [1.54, 1.807) is 6.07 Å². The number of nitriles is 1. The second-order valence-electron chi connectivity index (χ2n) is 3.81. The Hall–Kier alpha value is -2.21. The number of halogens is 3. The van der Waals surface area contributed by atoms with Gasteiger partial charge in [-0.3, -0.25) is 4.57 Å². The normalized spacial score (nSPS) is 11.3. The molecular weight excluding hydrogens is 293 g/mol. The highest BCUT2D eigenvalue weighted by molar-refractivity contribution is 7.97. The molecule has 2 rings (SSSR count). The van der Waals surface area contributed by atoms with Gasteiger partial charge in [-0.25, -0.2) is 4.79 Å². The summed E-state index contributed by atoms with van der Waals surface area (Å²) in [5.74, 6) is 0. The van der Waals surface area contributed by atoms with Crippen molar-refractivity contribution < 1.29 is 13.2 Å². The minimum absolute atomic E-state index is 0.0168. The maximum Gasteiger partial charge on any atom is 0.416 e. The van der Waals surface area contributed by atoms with Gasteiger partial charge in [0, 0.05) is 23.9 Å². The number of aromatic nitrogens is 3. The predicted octanol–water partition coefficient (Wildman–Crippen LogP) is 2.03. The van der Waals surface area contributed by atoms with Gasteiger partial charge >= 0.3 is 11.9 Å².